The molecule has 2 rings (SSSR count). The van der Waals surface area contributed by atoms with Gasteiger partial charge in [0, 0.05) is 39.4 Å². The van der Waals surface area contributed by atoms with Gasteiger partial charge in [0.25, 0.3) is 0 Å². The minimum absolute atomic E-state index is 0.719. The molecular formula is C14H28N2O2. The van der Waals surface area contributed by atoms with Crippen molar-refractivity contribution in [2.75, 3.05) is 53.1 Å². The lowest BCUT2D eigenvalue weighted by atomic mass is 9.99. The van der Waals surface area contributed by atoms with Gasteiger partial charge in [0.2, 0.25) is 0 Å². The van der Waals surface area contributed by atoms with Gasteiger partial charge < -0.3 is 14.8 Å². The Morgan fingerprint density at radius 1 is 1.33 bits per heavy atom. The van der Waals surface area contributed by atoms with Crippen molar-refractivity contribution in [2.45, 2.75) is 31.7 Å². The van der Waals surface area contributed by atoms with Gasteiger partial charge in [-0.25, -0.2) is 0 Å². The Bertz CT molecular complexity index is 220. The average Bonchev–Trinajstić information content (AvgIpc) is 2.89. The van der Waals surface area contributed by atoms with Crippen molar-refractivity contribution in [1.82, 2.24) is 10.2 Å². The quantitative estimate of drug-likeness (QED) is 0.692. The summed E-state index contributed by atoms with van der Waals surface area (Å²) in [6, 6.07) is 0.719. The molecule has 0 radical (unpaired) electrons. The number of methoxy groups -OCH3 is 1. The number of rotatable bonds is 7. The SMILES string of the molecule is COCCNCC1CCCCN1CC1CCOC1. The highest BCUT2D eigenvalue weighted by atomic mass is 16.5. The molecule has 18 heavy (non-hydrogen) atoms. The van der Waals surface area contributed by atoms with Gasteiger partial charge in [-0.2, -0.15) is 0 Å². The molecule has 4 nitrogen and oxygen atoms in total. The van der Waals surface area contributed by atoms with Crippen LogP contribution in [0.5, 0.6) is 0 Å². The molecule has 0 aromatic rings. The van der Waals surface area contributed by atoms with Crippen molar-refractivity contribution in [3.63, 3.8) is 0 Å². The number of hydrogen-bond donors (Lipinski definition) is 1. The lowest BCUT2D eigenvalue weighted by Crippen LogP contribution is -2.47. The lowest BCUT2D eigenvalue weighted by Gasteiger charge is -2.37. The van der Waals surface area contributed by atoms with Crippen LogP contribution < -0.4 is 5.32 Å². The van der Waals surface area contributed by atoms with E-state index in [9.17, 15) is 0 Å². The van der Waals surface area contributed by atoms with E-state index in [1.54, 1.807) is 7.11 Å². The summed E-state index contributed by atoms with van der Waals surface area (Å²) in [5.74, 6) is 0.768. The van der Waals surface area contributed by atoms with Gasteiger partial charge in [-0.1, -0.05) is 6.42 Å². The van der Waals surface area contributed by atoms with Gasteiger partial charge in [0.15, 0.2) is 0 Å². The summed E-state index contributed by atoms with van der Waals surface area (Å²) in [7, 11) is 1.76. The van der Waals surface area contributed by atoms with Crippen LogP contribution in [-0.4, -0.2) is 64.1 Å². The molecule has 2 saturated heterocycles. The molecule has 2 heterocycles. The minimum atomic E-state index is 0.719. The maximum Gasteiger partial charge on any atom is 0.0587 e. The van der Waals surface area contributed by atoms with E-state index in [-0.39, 0.29) is 0 Å². The van der Waals surface area contributed by atoms with Crippen LogP contribution in [0.3, 0.4) is 0 Å². The van der Waals surface area contributed by atoms with Crippen molar-refractivity contribution >= 4 is 0 Å². The van der Waals surface area contributed by atoms with Gasteiger partial charge >= 0.3 is 0 Å². The molecule has 4 heteroatoms. The summed E-state index contributed by atoms with van der Waals surface area (Å²) < 4.78 is 10.6. The maximum atomic E-state index is 5.49. The third-order valence-corrected chi connectivity index (χ3v) is 4.13. The number of piperidine rings is 1. The van der Waals surface area contributed by atoms with E-state index in [1.807, 2.05) is 0 Å². The maximum absolute atomic E-state index is 5.49. The van der Waals surface area contributed by atoms with Crippen molar-refractivity contribution < 1.29 is 9.47 Å². The zero-order valence-corrected chi connectivity index (χ0v) is 11.7. The van der Waals surface area contributed by atoms with Crippen molar-refractivity contribution in [3.05, 3.63) is 0 Å². The molecule has 0 saturated carbocycles. The molecule has 2 atom stereocenters. The Balaban J connectivity index is 1.70. The monoisotopic (exact) mass is 256 g/mol. The molecular weight excluding hydrogens is 228 g/mol. The summed E-state index contributed by atoms with van der Waals surface area (Å²) >= 11 is 0. The van der Waals surface area contributed by atoms with Crippen LogP contribution in [0.1, 0.15) is 25.7 Å². The molecule has 0 aromatic heterocycles. The van der Waals surface area contributed by atoms with Gasteiger partial charge in [-0.05, 0) is 31.7 Å². The predicted octanol–water partition coefficient (Wildman–Crippen LogP) is 1.11. The van der Waals surface area contributed by atoms with E-state index in [0.29, 0.717) is 0 Å². The largest absolute Gasteiger partial charge is 0.383 e. The summed E-state index contributed by atoms with van der Waals surface area (Å²) in [5, 5.41) is 3.51. The summed E-state index contributed by atoms with van der Waals surface area (Å²) in [4.78, 5) is 2.68. The Labute approximate surface area is 111 Å². The van der Waals surface area contributed by atoms with Crippen LogP contribution in [0.2, 0.25) is 0 Å². The van der Waals surface area contributed by atoms with E-state index in [0.717, 1.165) is 44.9 Å². The Morgan fingerprint density at radius 2 is 2.28 bits per heavy atom. The molecule has 106 valence electrons. The third-order valence-electron chi connectivity index (χ3n) is 4.13. The van der Waals surface area contributed by atoms with E-state index in [2.05, 4.69) is 10.2 Å². The van der Waals surface area contributed by atoms with Gasteiger partial charge in [0.1, 0.15) is 0 Å². The lowest BCUT2D eigenvalue weighted by molar-refractivity contribution is 0.111. The summed E-state index contributed by atoms with van der Waals surface area (Å²) in [5.41, 5.74) is 0. The van der Waals surface area contributed by atoms with Crippen molar-refractivity contribution in [1.29, 1.82) is 0 Å². The molecule has 2 fully saturated rings. The van der Waals surface area contributed by atoms with Crippen LogP contribution in [0, 0.1) is 5.92 Å². The highest BCUT2D eigenvalue weighted by Gasteiger charge is 2.26. The number of likely N-dealkylation sites (tertiary alicyclic amines) is 1. The fourth-order valence-electron chi connectivity index (χ4n) is 3.03. The smallest absolute Gasteiger partial charge is 0.0587 e. The number of nitrogens with zero attached hydrogens (tertiary/aromatic N) is 1. The number of nitrogens with one attached hydrogen (secondary N) is 1. The van der Waals surface area contributed by atoms with Crippen LogP contribution in [0.15, 0.2) is 0 Å². The molecule has 0 amide bonds. The second-order valence-corrected chi connectivity index (χ2v) is 5.57. The average molecular weight is 256 g/mol. The first-order valence-corrected chi connectivity index (χ1v) is 7.41. The molecule has 2 aliphatic rings. The third kappa shape index (κ3) is 4.50. The molecule has 2 aliphatic heterocycles. The van der Waals surface area contributed by atoms with Crippen LogP contribution in [0.25, 0.3) is 0 Å². The van der Waals surface area contributed by atoms with Crippen molar-refractivity contribution in [3.8, 4) is 0 Å². The topological polar surface area (TPSA) is 33.7 Å². The highest BCUT2D eigenvalue weighted by molar-refractivity contribution is 4.81. The molecule has 0 spiro atoms. The normalized spacial score (nSPS) is 29.8. The standard InChI is InChI=1S/C14H28N2O2/c1-17-9-6-15-10-14-4-2-3-7-16(14)11-13-5-8-18-12-13/h13-15H,2-12H2,1H3. The van der Waals surface area contributed by atoms with Gasteiger partial charge in [0.05, 0.1) is 13.2 Å². The molecule has 0 bridgehead atoms. The Kier molecular flexibility index (Phi) is 6.41. The van der Waals surface area contributed by atoms with Gasteiger partial charge in [-0.15, -0.1) is 0 Å². The highest BCUT2D eigenvalue weighted by Crippen LogP contribution is 2.21. The Hall–Kier alpha value is -0.160. The first-order chi connectivity index (χ1) is 8.90. The first-order valence-electron chi connectivity index (χ1n) is 7.41. The van der Waals surface area contributed by atoms with Crippen LogP contribution in [-0.2, 0) is 9.47 Å². The molecule has 0 aromatic carbocycles. The Morgan fingerprint density at radius 3 is 3.06 bits per heavy atom. The molecule has 0 aliphatic carbocycles. The fourth-order valence-corrected chi connectivity index (χ4v) is 3.03. The zero-order chi connectivity index (χ0) is 12.6. The fraction of sp³-hybridized carbons (Fsp3) is 1.00. The van der Waals surface area contributed by atoms with E-state index in [4.69, 9.17) is 9.47 Å². The first kappa shape index (κ1) is 14.3. The van der Waals surface area contributed by atoms with Crippen LogP contribution in [0.4, 0.5) is 0 Å². The number of hydrogen-bond acceptors (Lipinski definition) is 4. The zero-order valence-electron chi connectivity index (χ0n) is 11.7. The van der Waals surface area contributed by atoms with Crippen LogP contribution >= 0.6 is 0 Å². The number of ether oxygens (including phenoxy) is 2. The van der Waals surface area contributed by atoms with E-state index < -0.39 is 0 Å². The van der Waals surface area contributed by atoms with E-state index >= 15 is 0 Å². The second kappa shape index (κ2) is 8.10. The van der Waals surface area contributed by atoms with E-state index in [1.165, 1.54) is 38.8 Å². The minimum Gasteiger partial charge on any atom is -0.383 e. The van der Waals surface area contributed by atoms with Gasteiger partial charge in [-0.3, -0.25) is 4.90 Å². The summed E-state index contributed by atoms with van der Waals surface area (Å²) in [6.45, 7) is 7.33. The second-order valence-electron chi connectivity index (χ2n) is 5.57. The predicted molar refractivity (Wildman–Crippen MR) is 72.9 cm³/mol. The van der Waals surface area contributed by atoms with Crippen molar-refractivity contribution in [2.24, 2.45) is 5.92 Å². The molecule has 2 unspecified atom stereocenters. The molecule has 1 N–H and O–H groups in total. The summed E-state index contributed by atoms with van der Waals surface area (Å²) in [6.07, 6.45) is 5.34.